The van der Waals surface area contributed by atoms with Gasteiger partial charge in [-0.1, -0.05) is 27.2 Å². The third-order valence-corrected chi connectivity index (χ3v) is 4.90. The van der Waals surface area contributed by atoms with Gasteiger partial charge in [0, 0.05) is 22.3 Å². The van der Waals surface area contributed by atoms with Crippen LogP contribution < -0.4 is 0 Å². The Bertz CT molecular complexity index is 165. The maximum absolute atomic E-state index is 11.2. The molecule has 0 aromatic heterocycles. The summed E-state index contributed by atoms with van der Waals surface area (Å²) in [6, 6.07) is 0. The Kier molecular flexibility index (Phi) is 3.33. The Morgan fingerprint density at radius 2 is 1.83 bits per heavy atom. The van der Waals surface area contributed by atoms with E-state index in [2.05, 4.69) is 20.8 Å². The normalized spacial score (nSPS) is 37.2. The van der Waals surface area contributed by atoms with Crippen LogP contribution in [0.5, 0.6) is 0 Å². The molecule has 0 atom stereocenters. The summed E-state index contributed by atoms with van der Waals surface area (Å²) < 4.78 is 11.2. The summed E-state index contributed by atoms with van der Waals surface area (Å²) in [4.78, 5) is 0. The molecule has 0 saturated carbocycles. The van der Waals surface area contributed by atoms with Crippen LogP contribution >= 0.6 is 0 Å². The van der Waals surface area contributed by atoms with Gasteiger partial charge in [0.15, 0.2) is 0 Å². The quantitative estimate of drug-likeness (QED) is 0.651. The molecule has 1 heterocycles. The molecule has 1 fully saturated rings. The van der Waals surface area contributed by atoms with Gasteiger partial charge < -0.3 is 0 Å². The fourth-order valence-corrected chi connectivity index (χ4v) is 3.67. The summed E-state index contributed by atoms with van der Waals surface area (Å²) >= 11 is 0. The van der Waals surface area contributed by atoms with Gasteiger partial charge in [-0.2, -0.15) is 0 Å². The van der Waals surface area contributed by atoms with Crippen molar-refractivity contribution in [3.63, 3.8) is 0 Å². The van der Waals surface area contributed by atoms with Crippen LogP contribution in [-0.4, -0.2) is 15.7 Å². The molecule has 0 aromatic rings. The fraction of sp³-hybridized carbons (Fsp3) is 1.00. The molecule has 1 aliphatic rings. The van der Waals surface area contributed by atoms with E-state index in [1.165, 1.54) is 19.3 Å². The lowest BCUT2D eigenvalue weighted by Gasteiger charge is -2.39. The van der Waals surface area contributed by atoms with Gasteiger partial charge in [-0.15, -0.1) is 0 Å². The van der Waals surface area contributed by atoms with E-state index in [9.17, 15) is 4.21 Å². The van der Waals surface area contributed by atoms with Crippen LogP contribution in [0.4, 0.5) is 0 Å². The van der Waals surface area contributed by atoms with Crippen molar-refractivity contribution in [2.45, 2.75) is 40.0 Å². The summed E-state index contributed by atoms with van der Waals surface area (Å²) in [5.74, 6) is 2.62. The Morgan fingerprint density at radius 1 is 1.33 bits per heavy atom. The average Bonchev–Trinajstić information content (AvgIpc) is 2.06. The van der Waals surface area contributed by atoms with Gasteiger partial charge in [0.25, 0.3) is 0 Å². The van der Waals surface area contributed by atoms with Crippen LogP contribution in [0, 0.1) is 11.3 Å². The van der Waals surface area contributed by atoms with E-state index in [1.807, 2.05) is 0 Å². The lowest BCUT2D eigenvalue weighted by atomic mass is 9.71. The van der Waals surface area contributed by atoms with Gasteiger partial charge in [0.1, 0.15) is 0 Å². The monoisotopic (exact) mass is 188 g/mol. The Morgan fingerprint density at radius 3 is 2.17 bits per heavy atom. The molecule has 1 nitrogen and oxygen atoms in total. The second kappa shape index (κ2) is 3.91. The first-order chi connectivity index (χ1) is 5.60. The van der Waals surface area contributed by atoms with Crippen molar-refractivity contribution in [1.82, 2.24) is 0 Å². The highest BCUT2D eigenvalue weighted by Crippen LogP contribution is 2.41. The van der Waals surface area contributed by atoms with E-state index >= 15 is 0 Å². The first-order valence-electron chi connectivity index (χ1n) is 4.96. The van der Waals surface area contributed by atoms with Crippen molar-refractivity contribution >= 4 is 10.8 Å². The molecule has 12 heavy (non-hydrogen) atoms. The largest absolute Gasteiger partial charge is 0.260 e. The SMILES string of the molecule is CCC1(C(C)C)CCS(=O)CC1. The lowest BCUT2D eigenvalue weighted by molar-refractivity contribution is 0.160. The van der Waals surface area contributed by atoms with Crippen molar-refractivity contribution in [3.8, 4) is 0 Å². The van der Waals surface area contributed by atoms with Gasteiger partial charge >= 0.3 is 0 Å². The molecule has 72 valence electrons. The zero-order valence-electron chi connectivity index (χ0n) is 8.43. The molecule has 0 bridgehead atoms. The molecule has 2 heteroatoms. The minimum atomic E-state index is -0.505. The van der Waals surface area contributed by atoms with Crippen molar-refractivity contribution in [3.05, 3.63) is 0 Å². The van der Waals surface area contributed by atoms with E-state index in [0.29, 0.717) is 5.41 Å². The number of hydrogen-bond donors (Lipinski definition) is 0. The maximum atomic E-state index is 11.2. The third-order valence-electron chi connectivity index (χ3n) is 3.58. The van der Waals surface area contributed by atoms with Crippen LogP contribution in [0.1, 0.15) is 40.0 Å². The molecular formula is C10H20OS. The highest BCUT2D eigenvalue weighted by Gasteiger charge is 2.35. The fourth-order valence-electron chi connectivity index (χ4n) is 2.20. The summed E-state index contributed by atoms with van der Waals surface area (Å²) in [6.07, 6.45) is 3.60. The zero-order valence-corrected chi connectivity index (χ0v) is 9.25. The zero-order chi connectivity index (χ0) is 9.19. The topological polar surface area (TPSA) is 17.1 Å². The van der Waals surface area contributed by atoms with Crippen molar-refractivity contribution in [2.75, 3.05) is 11.5 Å². The van der Waals surface area contributed by atoms with E-state index < -0.39 is 10.8 Å². The highest BCUT2D eigenvalue weighted by molar-refractivity contribution is 7.85. The van der Waals surface area contributed by atoms with E-state index in [1.54, 1.807) is 0 Å². The Hall–Kier alpha value is 0.150. The Balaban J connectivity index is 2.63. The average molecular weight is 188 g/mol. The predicted molar refractivity (Wildman–Crippen MR) is 54.7 cm³/mol. The molecule has 0 N–H and O–H groups in total. The third kappa shape index (κ3) is 1.90. The first kappa shape index (κ1) is 10.2. The molecular weight excluding hydrogens is 168 g/mol. The lowest BCUT2D eigenvalue weighted by Crippen LogP contribution is -2.34. The predicted octanol–water partition coefficient (Wildman–Crippen LogP) is 2.58. The standard InChI is InChI=1S/C10H20OS/c1-4-10(9(2)3)5-7-12(11)8-6-10/h9H,4-8H2,1-3H3. The summed E-state index contributed by atoms with van der Waals surface area (Å²) in [6.45, 7) is 6.88. The Labute approximate surface area is 78.4 Å². The molecule has 0 amide bonds. The second-order valence-corrected chi connectivity index (χ2v) is 5.91. The summed E-state index contributed by atoms with van der Waals surface area (Å²) in [5, 5.41) is 0. The van der Waals surface area contributed by atoms with Gasteiger partial charge in [-0.05, 0) is 24.2 Å². The van der Waals surface area contributed by atoms with Crippen LogP contribution in [-0.2, 0) is 10.8 Å². The van der Waals surface area contributed by atoms with Crippen molar-refractivity contribution < 1.29 is 4.21 Å². The molecule has 0 spiro atoms. The summed E-state index contributed by atoms with van der Waals surface area (Å²) in [7, 11) is -0.505. The molecule has 1 rings (SSSR count). The van der Waals surface area contributed by atoms with Crippen LogP contribution in [0.15, 0.2) is 0 Å². The highest BCUT2D eigenvalue weighted by atomic mass is 32.2. The van der Waals surface area contributed by atoms with Crippen LogP contribution in [0.25, 0.3) is 0 Å². The van der Waals surface area contributed by atoms with Gasteiger partial charge in [-0.3, -0.25) is 4.21 Å². The van der Waals surface area contributed by atoms with E-state index in [4.69, 9.17) is 0 Å². The molecule has 0 aromatic carbocycles. The van der Waals surface area contributed by atoms with E-state index in [-0.39, 0.29) is 0 Å². The second-order valence-electron chi connectivity index (χ2n) is 4.22. The molecule has 0 radical (unpaired) electrons. The minimum absolute atomic E-state index is 0.505. The first-order valence-corrected chi connectivity index (χ1v) is 6.44. The number of hydrogen-bond acceptors (Lipinski definition) is 1. The minimum Gasteiger partial charge on any atom is -0.260 e. The molecule has 1 aliphatic heterocycles. The molecule has 0 unspecified atom stereocenters. The number of rotatable bonds is 2. The molecule has 1 saturated heterocycles. The van der Waals surface area contributed by atoms with Crippen LogP contribution in [0.3, 0.4) is 0 Å². The van der Waals surface area contributed by atoms with Crippen molar-refractivity contribution in [2.24, 2.45) is 11.3 Å². The van der Waals surface area contributed by atoms with E-state index in [0.717, 1.165) is 17.4 Å². The van der Waals surface area contributed by atoms with Crippen LogP contribution in [0.2, 0.25) is 0 Å². The van der Waals surface area contributed by atoms with Gasteiger partial charge in [0.2, 0.25) is 0 Å². The molecule has 0 aliphatic carbocycles. The smallest absolute Gasteiger partial charge is 0.0240 e. The van der Waals surface area contributed by atoms with Gasteiger partial charge in [0.05, 0.1) is 0 Å². The summed E-state index contributed by atoms with van der Waals surface area (Å²) in [5.41, 5.74) is 0.508. The van der Waals surface area contributed by atoms with Gasteiger partial charge in [-0.25, -0.2) is 0 Å². The maximum Gasteiger partial charge on any atom is 0.0240 e. The van der Waals surface area contributed by atoms with Crippen molar-refractivity contribution in [1.29, 1.82) is 0 Å².